The van der Waals surface area contributed by atoms with Gasteiger partial charge in [-0.05, 0) is 57.5 Å². The number of rotatable bonds is 8. The summed E-state index contributed by atoms with van der Waals surface area (Å²) in [6.45, 7) is 9.26. The lowest BCUT2D eigenvalue weighted by atomic mass is 9.43. The number of halogens is 1. The first-order valence-electron chi connectivity index (χ1n) is 14.8. The van der Waals surface area contributed by atoms with Crippen LogP contribution < -0.4 is 19.3 Å². The van der Waals surface area contributed by atoms with Crippen LogP contribution in [0.25, 0.3) is 0 Å². The van der Waals surface area contributed by atoms with E-state index in [4.69, 9.17) is 14.2 Å². The van der Waals surface area contributed by atoms with E-state index in [0.717, 1.165) is 9.80 Å². The lowest BCUT2D eigenvalue weighted by Crippen LogP contribution is -2.67. The zero-order valence-corrected chi connectivity index (χ0v) is 26.7. The number of nitrogens with zero attached hydrogens (tertiary/aromatic N) is 2. The number of benzene rings is 2. The normalized spacial score (nSPS) is 30.6. The van der Waals surface area contributed by atoms with Gasteiger partial charge in [0.15, 0.2) is 0 Å². The van der Waals surface area contributed by atoms with Crippen LogP contribution >= 0.6 is 15.9 Å². The predicted octanol–water partition coefficient (Wildman–Crippen LogP) is 4.44. The van der Waals surface area contributed by atoms with Gasteiger partial charge in [-0.25, -0.2) is 14.6 Å². The smallest absolute Gasteiger partial charge is 0.334 e. The topological polar surface area (TPSA) is 120 Å². The summed E-state index contributed by atoms with van der Waals surface area (Å²) >= 11 is 3.80. The highest BCUT2D eigenvalue weighted by Crippen LogP contribution is 2.73. The molecule has 230 valence electrons. The third-order valence-electron chi connectivity index (χ3n) is 9.59. The monoisotopic (exact) mass is 664 g/mol. The fourth-order valence-electron chi connectivity index (χ4n) is 8.04. The summed E-state index contributed by atoms with van der Waals surface area (Å²) in [5, 5.41) is 0. The Morgan fingerprint density at radius 3 is 1.55 bits per heavy atom. The second-order valence-electron chi connectivity index (χ2n) is 11.5. The van der Waals surface area contributed by atoms with Crippen LogP contribution in [0.1, 0.15) is 34.6 Å². The predicted molar refractivity (Wildman–Crippen MR) is 163 cm³/mol. The molecule has 0 N–H and O–H groups in total. The second-order valence-corrected chi connectivity index (χ2v) is 12.8. The Balaban J connectivity index is 1.58. The van der Waals surface area contributed by atoms with Crippen molar-refractivity contribution in [1.29, 1.82) is 0 Å². The largest absolute Gasteiger partial charge is 0.492 e. The maximum Gasteiger partial charge on any atom is 0.334 e. The first-order valence-corrected chi connectivity index (χ1v) is 15.6. The molecule has 5 aliphatic rings. The van der Waals surface area contributed by atoms with E-state index in [1.807, 2.05) is 0 Å². The molecule has 0 aromatic heterocycles. The van der Waals surface area contributed by atoms with Crippen molar-refractivity contribution in [2.75, 3.05) is 29.6 Å². The Hall–Kier alpha value is -3.99. The van der Waals surface area contributed by atoms with Gasteiger partial charge in [0.05, 0.1) is 59.2 Å². The van der Waals surface area contributed by atoms with Crippen LogP contribution in [0.2, 0.25) is 0 Å². The molecule has 2 aromatic carbocycles. The van der Waals surface area contributed by atoms with Crippen molar-refractivity contribution in [3.05, 3.63) is 59.7 Å². The van der Waals surface area contributed by atoms with E-state index in [2.05, 4.69) is 15.9 Å². The number of carbonyl (C=O) groups excluding carboxylic acids is 5. The Kier molecular flexibility index (Phi) is 7.22. The van der Waals surface area contributed by atoms with Gasteiger partial charge < -0.3 is 14.2 Å². The molecular weight excluding hydrogens is 632 g/mol. The molecule has 4 amide bonds. The molecule has 10 nitrogen and oxygen atoms in total. The third kappa shape index (κ3) is 3.68. The van der Waals surface area contributed by atoms with Crippen molar-refractivity contribution in [2.45, 2.75) is 38.9 Å². The van der Waals surface area contributed by atoms with Crippen molar-refractivity contribution in [1.82, 2.24) is 0 Å². The van der Waals surface area contributed by atoms with Crippen molar-refractivity contribution in [3.8, 4) is 11.5 Å². The average Bonchev–Trinajstić information content (AvgIpc) is 3.43. The van der Waals surface area contributed by atoms with E-state index in [1.165, 1.54) is 0 Å². The quantitative estimate of drug-likeness (QED) is 0.231. The van der Waals surface area contributed by atoms with Crippen molar-refractivity contribution < 1.29 is 38.2 Å². The molecule has 7 rings (SSSR count). The van der Waals surface area contributed by atoms with Gasteiger partial charge in [0, 0.05) is 11.0 Å². The maximum atomic E-state index is 14.6. The van der Waals surface area contributed by atoms with Gasteiger partial charge in [-0.1, -0.05) is 47.1 Å². The van der Waals surface area contributed by atoms with Crippen LogP contribution in [0.3, 0.4) is 0 Å². The van der Waals surface area contributed by atoms with Crippen LogP contribution in [-0.4, -0.2) is 53.7 Å². The molecule has 2 saturated heterocycles. The summed E-state index contributed by atoms with van der Waals surface area (Å²) < 4.78 is 15.5. The second kappa shape index (κ2) is 10.6. The highest BCUT2D eigenvalue weighted by Gasteiger charge is 2.82. The number of esters is 1. The van der Waals surface area contributed by atoms with Gasteiger partial charge in [0.25, 0.3) is 0 Å². The van der Waals surface area contributed by atoms with Gasteiger partial charge in [-0.15, -0.1) is 0 Å². The van der Waals surface area contributed by atoms with Crippen LogP contribution in [0.5, 0.6) is 11.5 Å². The highest BCUT2D eigenvalue weighted by molar-refractivity contribution is 9.10. The Morgan fingerprint density at radius 2 is 1.14 bits per heavy atom. The molecule has 44 heavy (non-hydrogen) atoms. The fraction of sp³-hybridized carbons (Fsp3) is 0.424. The lowest BCUT2D eigenvalue weighted by Gasteiger charge is -2.59. The maximum absolute atomic E-state index is 14.6. The Bertz CT molecular complexity index is 1560. The number of hydrogen-bond donors (Lipinski definition) is 0. The zero-order valence-electron chi connectivity index (χ0n) is 25.1. The molecule has 2 unspecified atom stereocenters. The minimum Gasteiger partial charge on any atom is -0.492 e. The van der Waals surface area contributed by atoms with Crippen molar-refractivity contribution in [3.63, 3.8) is 0 Å². The molecule has 2 heterocycles. The first kappa shape index (κ1) is 30.1. The van der Waals surface area contributed by atoms with Gasteiger partial charge in [0.2, 0.25) is 23.6 Å². The number of carbonyl (C=O) groups is 5. The average molecular weight is 666 g/mol. The van der Waals surface area contributed by atoms with Gasteiger partial charge >= 0.3 is 5.97 Å². The van der Waals surface area contributed by atoms with E-state index < -0.39 is 63.0 Å². The van der Waals surface area contributed by atoms with Crippen molar-refractivity contribution in [2.24, 2.45) is 29.1 Å². The molecular formula is C33H33BrN2O8. The van der Waals surface area contributed by atoms with Crippen LogP contribution in [0.4, 0.5) is 11.4 Å². The summed E-state index contributed by atoms with van der Waals surface area (Å²) in [6, 6.07) is 13.5. The lowest BCUT2D eigenvalue weighted by molar-refractivity contribution is -0.152. The fourth-order valence-corrected chi connectivity index (χ4v) is 9.16. The van der Waals surface area contributed by atoms with Crippen molar-refractivity contribution >= 4 is 56.9 Å². The Morgan fingerprint density at radius 1 is 0.727 bits per heavy atom. The minimum atomic E-state index is -1.55. The number of para-hydroxylation sites is 4. The molecule has 0 spiro atoms. The third-order valence-corrected chi connectivity index (χ3v) is 11.2. The molecule has 2 aromatic rings. The summed E-state index contributed by atoms with van der Waals surface area (Å²) in [5.41, 5.74) is -0.471. The summed E-state index contributed by atoms with van der Waals surface area (Å²) in [4.78, 5) is 74.1. The van der Waals surface area contributed by atoms with Gasteiger partial charge in [-0.3, -0.25) is 19.2 Å². The standard InChI is InChI=1S/C33H33BrN2O8/c1-6-42-20-15-11-9-13-18(20)35-27(37)23-25(29(35)39)33(34)17(4)22(31(41)44-8-3)32(23,5)24-26(33)30(40)36(28(24)38)19-14-10-12-16-21(19)43-7-2/h9-16,23-26H,6-8H2,1-5H3/t23-,24+,25-,26-,32?,33?/m1/s1. The molecule has 3 fully saturated rings. The molecule has 0 radical (unpaired) electrons. The summed E-state index contributed by atoms with van der Waals surface area (Å²) in [6.07, 6.45) is 0. The zero-order chi connectivity index (χ0) is 31.7. The number of imide groups is 2. The summed E-state index contributed by atoms with van der Waals surface area (Å²) in [5.74, 6) is -6.68. The SMILES string of the molecule is CCOC(=O)C1=C(C)C2(Br)[C@H]3C(=O)N(c4ccccc4OCC)C(=O)[C@H]3C1(C)[C@H]1C(=O)N(c3ccccc3OCC)C(=O)[C@@H]12. The molecule has 2 bridgehead atoms. The van der Waals surface area contributed by atoms with Crippen LogP contribution in [0, 0.1) is 29.1 Å². The molecule has 2 aliphatic heterocycles. The number of anilines is 2. The van der Waals surface area contributed by atoms with Crippen LogP contribution in [-0.2, 0) is 28.7 Å². The Labute approximate surface area is 263 Å². The van der Waals surface area contributed by atoms with E-state index in [1.54, 1.807) is 83.1 Å². The molecule has 3 aliphatic carbocycles. The highest BCUT2D eigenvalue weighted by atomic mass is 79.9. The van der Waals surface area contributed by atoms with E-state index in [0.29, 0.717) is 30.3 Å². The number of ether oxygens (including phenoxy) is 3. The van der Waals surface area contributed by atoms with Gasteiger partial charge in [-0.2, -0.15) is 0 Å². The number of allylic oxidation sites excluding steroid dienone is 1. The number of alkyl halides is 1. The molecule has 1 saturated carbocycles. The summed E-state index contributed by atoms with van der Waals surface area (Å²) in [7, 11) is 0. The molecule has 11 heteroatoms. The van der Waals surface area contributed by atoms with E-state index in [9.17, 15) is 24.0 Å². The van der Waals surface area contributed by atoms with Gasteiger partial charge in [0.1, 0.15) is 11.5 Å². The number of hydrogen-bond acceptors (Lipinski definition) is 8. The van der Waals surface area contributed by atoms with E-state index >= 15 is 0 Å². The molecule has 6 atom stereocenters. The van der Waals surface area contributed by atoms with E-state index in [-0.39, 0.29) is 23.6 Å². The number of amides is 4. The minimum absolute atomic E-state index is 0.0602. The first-order chi connectivity index (χ1) is 21.0. The van der Waals surface area contributed by atoms with Crippen LogP contribution in [0.15, 0.2) is 59.7 Å².